The van der Waals surface area contributed by atoms with E-state index in [-0.39, 0.29) is 0 Å². The van der Waals surface area contributed by atoms with E-state index in [1.165, 1.54) is 6.07 Å². The monoisotopic (exact) mass is 223 g/mol. The lowest BCUT2D eigenvalue weighted by Gasteiger charge is -2.04. The van der Waals surface area contributed by atoms with Crippen LogP contribution in [0.1, 0.15) is 5.56 Å². The molecule has 1 radical (unpaired) electrons. The highest BCUT2D eigenvalue weighted by atomic mass is 79.9. The molecule has 0 N–H and O–H groups in total. The van der Waals surface area contributed by atoms with Gasteiger partial charge >= 0.3 is 6.18 Å². The van der Waals surface area contributed by atoms with Crippen molar-refractivity contribution < 1.29 is 13.2 Å². The molecule has 0 aliphatic heterocycles. The molecular formula is C7H3BrF3. The summed E-state index contributed by atoms with van der Waals surface area (Å²) in [6, 6.07) is 5.62. The lowest BCUT2D eigenvalue weighted by molar-refractivity contribution is -0.137. The standard InChI is InChI=1S/C7H3BrF3/c8-6-3-1-5(2-4-6)7(9,10)11/h1-3H. The molecule has 0 aliphatic rings. The highest BCUT2D eigenvalue weighted by Crippen LogP contribution is 2.29. The number of benzene rings is 1. The van der Waals surface area contributed by atoms with E-state index in [0.29, 0.717) is 4.47 Å². The maximum atomic E-state index is 11.9. The van der Waals surface area contributed by atoms with Crippen molar-refractivity contribution >= 4 is 15.9 Å². The molecule has 1 rings (SSSR count). The van der Waals surface area contributed by atoms with Gasteiger partial charge in [-0.05, 0) is 24.3 Å². The summed E-state index contributed by atoms with van der Waals surface area (Å²) in [6.45, 7) is 0. The second-order valence-corrected chi connectivity index (χ2v) is 2.78. The van der Waals surface area contributed by atoms with Gasteiger partial charge in [0, 0.05) is 4.47 Å². The quantitative estimate of drug-likeness (QED) is 0.634. The van der Waals surface area contributed by atoms with Crippen molar-refractivity contribution in [1.82, 2.24) is 0 Å². The van der Waals surface area contributed by atoms with Crippen molar-refractivity contribution in [3.63, 3.8) is 0 Å². The van der Waals surface area contributed by atoms with Crippen LogP contribution in [0.25, 0.3) is 0 Å². The van der Waals surface area contributed by atoms with Crippen molar-refractivity contribution in [1.29, 1.82) is 0 Å². The van der Waals surface area contributed by atoms with Crippen molar-refractivity contribution in [3.05, 3.63) is 34.3 Å². The van der Waals surface area contributed by atoms with E-state index in [9.17, 15) is 13.2 Å². The Morgan fingerprint density at radius 2 is 1.91 bits per heavy atom. The number of hydrogen-bond acceptors (Lipinski definition) is 0. The number of rotatable bonds is 0. The molecule has 0 unspecified atom stereocenters. The topological polar surface area (TPSA) is 0 Å². The molecule has 0 spiro atoms. The van der Waals surface area contributed by atoms with E-state index in [4.69, 9.17) is 0 Å². The Morgan fingerprint density at radius 3 is 2.27 bits per heavy atom. The molecule has 0 saturated heterocycles. The van der Waals surface area contributed by atoms with Gasteiger partial charge in [-0.1, -0.05) is 15.9 Å². The summed E-state index contributed by atoms with van der Waals surface area (Å²) < 4.78 is 36.2. The maximum absolute atomic E-state index is 11.9. The Balaban J connectivity index is 2.99. The van der Waals surface area contributed by atoms with Crippen LogP contribution in [-0.2, 0) is 6.18 Å². The predicted octanol–water partition coefficient (Wildman–Crippen LogP) is 3.27. The van der Waals surface area contributed by atoms with Gasteiger partial charge in [-0.2, -0.15) is 13.2 Å². The van der Waals surface area contributed by atoms with Crippen LogP contribution in [0.2, 0.25) is 0 Å². The van der Waals surface area contributed by atoms with Crippen molar-refractivity contribution in [2.75, 3.05) is 0 Å². The van der Waals surface area contributed by atoms with Crippen LogP contribution in [-0.4, -0.2) is 0 Å². The second kappa shape index (κ2) is 2.85. The first-order valence-corrected chi connectivity index (χ1v) is 3.54. The fourth-order valence-corrected chi connectivity index (χ4v) is 0.829. The van der Waals surface area contributed by atoms with Crippen LogP contribution in [0.5, 0.6) is 0 Å². The molecule has 4 heteroatoms. The summed E-state index contributed by atoms with van der Waals surface area (Å²) in [5.74, 6) is 0. The van der Waals surface area contributed by atoms with Gasteiger partial charge < -0.3 is 0 Å². The molecule has 0 aromatic heterocycles. The summed E-state index contributed by atoms with van der Waals surface area (Å²) in [4.78, 5) is 0. The Labute approximate surface area is 70.2 Å². The summed E-state index contributed by atoms with van der Waals surface area (Å²) in [5.41, 5.74) is -0.680. The normalized spacial score (nSPS) is 11.6. The van der Waals surface area contributed by atoms with Crippen LogP contribution in [0.15, 0.2) is 22.7 Å². The first-order chi connectivity index (χ1) is 5.00. The largest absolute Gasteiger partial charge is 0.416 e. The minimum absolute atomic E-state index is 0.519. The number of alkyl halides is 3. The first kappa shape index (κ1) is 8.59. The van der Waals surface area contributed by atoms with E-state index in [0.717, 1.165) is 12.1 Å². The summed E-state index contributed by atoms with van der Waals surface area (Å²) >= 11 is 2.99. The molecule has 0 saturated carbocycles. The third kappa shape index (κ3) is 2.22. The zero-order chi connectivity index (χ0) is 8.48. The number of halogens is 4. The van der Waals surface area contributed by atoms with Crippen molar-refractivity contribution in [2.24, 2.45) is 0 Å². The van der Waals surface area contributed by atoms with Gasteiger partial charge in [-0.25, -0.2) is 0 Å². The molecular weight excluding hydrogens is 221 g/mol. The van der Waals surface area contributed by atoms with Crippen LogP contribution in [0.3, 0.4) is 0 Å². The molecule has 0 fully saturated rings. The predicted molar refractivity (Wildman–Crippen MR) is 38.0 cm³/mol. The molecule has 1 aromatic carbocycles. The SMILES string of the molecule is FC(F)(F)c1c[c]c(Br)cc1. The van der Waals surface area contributed by atoms with Gasteiger partial charge in [0.1, 0.15) is 0 Å². The van der Waals surface area contributed by atoms with E-state index >= 15 is 0 Å². The van der Waals surface area contributed by atoms with Crippen molar-refractivity contribution in [2.45, 2.75) is 6.18 Å². The lowest BCUT2D eigenvalue weighted by Crippen LogP contribution is -2.03. The fraction of sp³-hybridized carbons (Fsp3) is 0.143. The molecule has 0 bridgehead atoms. The maximum Gasteiger partial charge on any atom is 0.416 e. The average molecular weight is 224 g/mol. The lowest BCUT2D eigenvalue weighted by atomic mass is 10.2. The molecule has 0 nitrogen and oxygen atoms in total. The molecule has 0 amide bonds. The number of hydrogen-bond donors (Lipinski definition) is 0. The Kier molecular flexibility index (Phi) is 2.23. The molecule has 11 heavy (non-hydrogen) atoms. The zero-order valence-electron chi connectivity index (χ0n) is 5.24. The van der Waals surface area contributed by atoms with E-state index < -0.39 is 11.7 Å². The van der Waals surface area contributed by atoms with Crippen LogP contribution in [0.4, 0.5) is 13.2 Å². The first-order valence-electron chi connectivity index (χ1n) is 2.74. The molecule has 0 aliphatic carbocycles. The van der Waals surface area contributed by atoms with Gasteiger partial charge in [-0.15, -0.1) is 0 Å². The van der Waals surface area contributed by atoms with Crippen LogP contribution >= 0.6 is 15.9 Å². The van der Waals surface area contributed by atoms with E-state index in [1.807, 2.05) is 0 Å². The summed E-state index contributed by atoms with van der Waals surface area (Å²) in [7, 11) is 0. The molecule has 1 aromatic rings. The van der Waals surface area contributed by atoms with Crippen molar-refractivity contribution in [3.8, 4) is 0 Å². The third-order valence-electron chi connectivity index (χ3n) is 1.10. The Morgan fingerprint density at radius 1 is 1.27 bits per heavy atom. The zero-order valence-corrected chi connectivity index (χ0v) is 6.83. The Hall–Kier alpha value is -0.510. The third-order valence-corrected chi connectivity index (χ3v) is 1.60. The van der Waals surface area contributed by atoms with Gasteiger partial charge in [0.25, 0.3) is 0 Å². The van der Waals surface area contributed by atoms with Gasteiger partial charge in [-0.3, -0.25) is 0 Å². The van der Waals surface area contributed by atoms with Gasteiger partial charge in [0.05, 0.1) is 5.56 Å². The van der Waals surface area contributed by atoms with Crippen LogP contribution < -0.4 is 0 Å². The fourth-order valence-electron chi connectivity index (χ4n) is 0.582. The average Bonchev–Trinajstić information content (AvgIpc) is 1.86. The molecule has 0 atom stereocenters. The highest BCUT2D eigenvalue weighted by Gasteiger charge is 2.29. The minimum Gasteiger partial charge on any atom is -0.166 e. The van der Waals surface area contributed by atoms with Gasteiger partial charge in [0.15, 0.2) is 0 Å². The molecule has 59 valence electrons. The van der Waals surface area contributed by atoms with Gasteiger partial charge in [0.2, 0.25) is 0 Å². The minimum atomic E-state index is -4.27. The van der Waals surface area contributed by atoms with E-state index in [1.54, 1.807) is 0 Å². The summed E-state index contributed by atoms with van der Waals surface area (Å²) in [5, 5.41) is 0. The molecule has 0 heterocycles. The Bertz CT molecular complexity index is 237. The highest BCUT2D eigenvalue weighted by molar-refractivity contribution is 9.10. The van der Waals surface area contributed by atoms with E-state index in [2.05, 4.69) is 22.0 Å². The smallest absolute Gasteiger partial charge is 0.166 e. The van der Waals surface area contributed by atoms with Crippen LogP contribution in [0, 0.1) is 6.07 Å². The summed E-state index contributed by atoms with van der Waals surface area (Å²) in [6.07, 6.45) is -4.27. The second-order valence-electron chi connectivity index (χ2n) is 1.92.